The third-order valence-corrected chi connectivity index (χ3v) is 5.04. The van der Waals surface area contributed by atoms with Gasteiger partial charge in [-0.3, -0.25) is 4.79 Å². The van der Waals surface area contributed by atoms with Crippen molar-refractivity contribution in [2.24, 2.45) is 0 Å². The highest BCUT2D eigenvalue weighted by molar-refractivity contribution is 7.12. The Morgan fingerprint density at radius 2 is 1.88 bits per heavy atom. The lowest BCUT2D eigenvalue weighted by molar-refractivity contribution is 0.0789. The number of hydrogen-bond acceptors (Lipinski definition) is 3. The van der Waals surface area contributed by atoms with Crippen LogP contribution in [0.1, 0.15) is 20.8 Å². The average molecular weight is 351 g/mol. The number of aryl methyl sites for hydroxylation is 1. The molecule has 3 aromatic rings. The Morgan fingerprint density at radius 3 is 2.60 bits per heavy atom. The maximum atomic E-state index is 13.0. The van der Waals surface area contributed by atoms with E-state index in [1.54, 1.807) is 12.0 Å². The molecule has 0 aliphatic rings. The van der Waals surface area contributed by atoms with E-state index >= 15 is 0 Å². The summed E-state index contributed by atoms with van der Waals surface area (Å²) in [6.45, 7) is 2.55. The fourth-order valence-corrected chi connectivity index (χ4v) is 3.76. The van der Waals surface area contributed by atoms with Crippen molar-refractivity contribution in [2.45, 2.75) is 13.5 Å². The molecular weight excluding hydrogens is 330 g/mol. The Morgan fingerprint density at radius 1 is 1.12 bits per heavy atom. The van der Waals surface area contributed by atoms with Crippen LogP contribution in [-0.4, -0.2) is 25.0 Å². The molecule has 2 aromatic carbocycles. The van der Waals surface area contributed by atoms with Gasteiger partial charge in [0.25, 0.3) is 5.91 Å². The van der Waals surface area contributed by atoms with Crippen LogP contribution in [0.3, 0.4) is 0 Å². The number of carbonyl (C=O) groups excluding carboxylic acids is 1. The van der Waals surface area contributed by atoms with Gasteiger partial charge in [-0.2, -0.15) is 0 Å². The molecular formula is C21H21NO2S. The minimum atomic E-state index is 0.0254. The molecule has 0 bridgehead atoms. The lowest BCUT2D eigenvalue weighted by Gasteiger charge is -2.19. The predicted octanol–water partition coefficient (Wildman–Crippen LogP) is 5.00. The first-order valence-electron chi connectivity index (χ1n) is 8.12. The topological polar surface area (TPSA) is 29.5 Å². The fourth-order valence-electron chi connectivity index (χ4n) is 2.85. The molecule has 1 heterocycles. The standard InChI is InChI=1S/C21H21NO2S/c1-15-9-10-19(24-3)17(13-15)14-22(2)21(23)20-18(11-12-25-20)16-7-5-4-6-8-16/h4-13H,14H2,1-3H3. The van der Waals surface area contributed by atoms with Crippen molar-refractivity contribution in [1.29, 1.82) is 0 Å². The van der Waals surface area contributed by atoms with Crippen LogP contribution in [0.25, 0.3) is 11.1 Å². The molecule has 4 heteroatoms. The van der Waals surface area contributed by atoms with Crippen LogP contribution < -0.4 is 4.74 Å². The van der Waals surface area contributed by atoms with Gasteiger partial charge in [0.2, 0.25) is 0 Å². The average Bonchev–Trinajstić information content (AvgIpc) is 3.11. The molecule has 0 saturated carbocycles. The Balaban J connectivity index is 1.85. The van der Waals surface area contributed by atoms with E-state index in [-0.39, 0.29) is 5.91 Å². The molecule has 1 amide bonds. The van der Waals surface area contributed by atoms with Crippen molar-refractivity contribution in [3.8, 4) is 16.9 Å². The molecule has 1 aromatic heterocycles. The lowest BCUT2D eigenvalue weighted by atomic mass is 10.1. The van der Waals surface area contributed by atoms with E-state index < -0.39 is 0 Å². The highest BCUT2D eigenvalue weighted by Gasteiger charge is 2.19. The van der Waals surface area contributed by atoms with Crippen molar-refractivity contribution in [3.63, 3.8) is 0 Å². The number of benzene rings is 2. The number of ether oxygens (including phenoxy) is 1. The predicted molar refractivity (Wildman–Crippen MR) is 103 cm³/mol. The maximum Gasteiger partial charge on any atom is 0.264 e. The van der Waals surface area contributed by atoms with Crippen molar-refractivity contribution in [1.82, 2.24) is 4.90 Å². The third-order valence-electron chi connectivity index (χ3n) is 4.13. The Labute approximate surface area is 152 Å². The minimum absolute atomic E-state index is 0.0254. The summed E-state index contributed by atoms with van der Waals surface area (Å²) in [6.07, 6.45) is 0. The molecule has 25 heavy (non-hydrogen) atoms. The largest absolute Gasteiger partial charge is 0.496 e. The zero-order chi connectivity index (χ0) is 17.8. The first kappa shape index (κ1) is 17.2. The first-order chi connectivity index (χ1) is 12.1. The molecule has 0 atom stereocenters. The molecule has 0 saturated heterocycles. The Bertz CT molecular complexity index is 871. The van der Waals surface area contributed by atoms with Gasteiger partial charge in [-0.15, -0.1) is 11.3 Å². The van der Waals surface area contributed by atoms with E-state index in [1.165, 1.54) is 11.3 Å². The van der Waals surface area contributed by atoms with Crippen LogP contribution in [0, 0.1) is 6.92 Å². The highest BCUT2D eigenvalue weighted by Crippen LogP contribution is 2.30. The van der Waals surface area contributed by atoms with Gasteiger partial charge in [-0.1, -0.05) is 48.0 Å². The third kappa shape index (κ3) is 3.74. The van der Waals surface area contributed by atoms with Gasteiger partial charge < -0.3 is 9.64 Å². The number of methoxy groups -OCH3 is 1. The fraction of sp³-hybridized carbons (Fsp3) is 0.190. The second-order valence-electron chi connectivity index (χ2n) is 6.01. The number of rotatable bonds is 5. The molecule has 0 N–H and O–H groups in total. The number of nitrogens with zero attached hydrogens (tertiary/aromatic N) is 1. The van der Waals surface area contributed by atoms with Crippen molar-refractivity contribution in [3.05, 3.63) is 76.0 Å². The Hall–Kier alpha value is -2.59. The monoisotopic (exact) mass is 351 g/mol. The highest BCUT2D eigenvalue weighted by atomic mass is 32.1. The van der Waals surface area contributed by atoms with Crippen LogP contribution in [0.5, 0.6) is 5.75 Å². The second-order valence-corrected chi connectivity index (χ2v) is 6.92. The summed E-state index contributed by atoms with van der Waals surface area (Å²) >= 11 is 1.48. The second kappa shape index (κ2) is 7.53. The van der Waals surface area contributed by atoms with Crippen LogP contribution in [-0.2, 0) is 6.54 Å². The van der Waals surface area contributed by atoms with E-state index in [9.17, 15) is 4.79 Å². The maximum absolute atomic E-state index is 13.0. The van der Waals surface area contributed by atoms with Crippen molar-refractivity contribution < 1.29 is 9.53 Å². The summed E-state index contributed by atoms with van der Waals surface area (Å²) in [5.41, 5.74) is 4.21. The van der Waals surface area contributed by atoms with Gasteiger partial charge >= 0.3 is 0 Å². The Kier molecular flexibility index (Phi) is 5.19. The normalized spacial score (nSPS) is 10.5. The van der Waals surface area contributed by atoms with Gasteiger partial charge in [-0.05, 0) is 30.0 Å². The minimum Gasteiger partial charge on any atom is -0.496 e. The van der Waals surface area contributed by atoms with E-state index in [0.717, 1.165) is 32.9 Å². The molecule has 0 fully saturated rings. The van der Waals surface area contributed by atoms with E-state index in [0.29, 0.717) is 6.54 Å². The zero-order valence-electron chi connectivity index (χ0n) is 14.7. The summed E-state index contributed by atoms with van der Waals surface area (Å²) in [5.74, 6) is 0.831. The van der Waals surface area contributed by atoms with Gasteiger partial charge in [0.1, 0.15) is 5.75 Å². The lowest BCUT2D eigenvalue weighted by Crippen LogP contribution is -2.26. The van der Waals surface area contributed by atoms with Crippen molar-refractivity contribution in [2.75, 3.05) is 14.2 Å². The summed E-state index contributed by atoms with van der Waals surface area (Å²) in [4.78, 5) is 15.5. The quantitative estimate of drug-likeness (QED) is 0.647. The zero-order valence-corrected chi connectivity index (χ0v) is 15.5. The van der Waals surface area contributed by atoms with Crippen LogP contribution in [0.4, 0.5) is 0 Å². The van der Waals surface area contributed by atoms with Crippen LogP contribution >= 0.6 is 11.3 Å². The van der Waals surface area contributed by atoms with E-state index in [2.05, 4.69) is 6.07 Å². The van der Waals surface area contributed by atoms with E-state index in [1.807, 2.05) is 67.9 Å². The molecule has 0 unspecified atom stereocenters. The van der Waals surface area contributed by atoms with E-state index in [4.69, 9.17) is 4.74 Å². The number of amides is 1. The van der Waals surface area contributed by atoms with Gasteiger partial charge in [-0.25, -0.2) is 0 Å². The molecule has 3 nitrogen and oxygen atoms in total. The van der Waals surface area contributed by atoms with Gasteiger partial charge in [0.05, 0.1) is 12.0 Å². The van der Waals surface area contributed by atoms with Crippen LogP contribution in [0.2, 0.25) is 0 Å². The summed E-state index contributed by atoms with van der Waals surface area (Å²) in [6, 6.07) is 18.0. The molecule has 0 aliphatic carbocycles. The van der Waals surface area contributed by atoms with Crippen LogP contribution in [0.15, 0.2) is 60.0 Å². The summed E-state index contributed by atoms with van der Waals surface area (Å²) < 4.78 is 5.43. The number of hydrogen-bond donors (Lipinski definition) is 0. The smallest absolute Gasteiger partial charge is 0.264 e. The summed E-state index contributed by atoms with van der Waals surface area (Å²) in [7, 11) is 3.49. The molecule has 128 valence electrons. The number of carbonyl (C=O) groups is 1. The van der Waals surface area contributed by atoms with Gasteiger partial charge in [0, 0.05) is 24.7 Å². The molecule has 3 rings (SSSR count). The SMILES string of the molecule is COc1ccc(C)cc1CN(C)C(=O)c1sccc1-c1ccccc1. The van der Waals surface area contributed by atoms with Gasteiger partial charge in [0.15, 0.2) is 0 Å². The summed E-state index contributed by atoms with van der Waals surface area (Å²) in [5, 5.41) is 1.97. The number of thiophene rings is 1. The molecule has 0 spiro atoms. The first-order valence-corrected chi connectivity index (χ1v) is 9.00. The molecule has 0 aliphatic heterocycles. The molecule has 0 radical (unpaired) electrons. The van der Waals surface area contributed by atoms with Crippen molar-refractivity contribution >= 4 is 17.2 Å².